The number of hydrogen-bond acceptors (Lipinski definition) is 5. The van der Waals surface area contributed by atoms with E-state index in [0.29, 0.717) is 11.6 Å². The Bertz CT molecular complexity index is 546. The number of nitrogens with zero attached hydrogens (tertiary/aromatic N) is 1. The predicted molar refractivity (Wildman–Crippen MR) is 69.1 cm³/mol. The number of pyridine rings is 1. The van der Waals surface area contributed by atoms with E-state index in [1.165, 1.54) is 7.11 Å². The fourth-order valence-corrected chi connectivity index (χ4v) is 1.80. The topological polar surface area (TPSA) is 109 Å². The number of hydrogen-bond donors (Lipinski definition) is 3. The normalized spacial score (nSPS) is 17.4. The van der Waals surface area contributed by atoms with Crippen molar-refractivity contribution in [2.45, 2.75) is 18.9 Å². The highest BCUT2D eigenvalue weighted by Gasteiger charge is 2.29. The van der Waals surface area contributed by atoms with Crippen LogP contribution in [-0.4, -0.2) is 36.0 Å². The maximum atomic E-state index is 11.8. The van der Waals surface area contributed by atoms with E-state index in [1.807, 2.05) is 0 Å². The van der Waals surface area contributed by atoms with Crippen LogP contribution >= 0.6 is 0 Å². The standard InChI is InChI=1S/C12H14N4O4/c1-20-11-8(3-2-6-13-11)14-9(17)5-4-7-10(18)16-12(19)15-7/h2-3,6-7H,4-5H2,1H3,(H,14,17)(H2,15,16,18,19)/t7-/m0/s1. The molecule has 0 unspecified atom stereocenters. The second kappa shape index (κ2) is 6.00. The summed E-state index contributed by atoms with van der Waals surface area (Å²) < 4.78 is 5.01. The first-order chi connectivity index (χ1) is 9.60. The van der Waals surface area contributed by atoms with E-state index in [2.05, 4.69) is 20.9 Å². The molecular weight excluding hydrogens is 264 g/mol. The lowest BCUT2D eigenvalue weighted by atomic mass is 10.1. The van der Waals surface area contributed by atoms with Gasteiger partial charge in [0.25, 0.3) is 5.91 Å². The van der Waals surface area contributed by atoms with Crippen molar-refractivity contribution in [3.8, 4) is 5.88 Å². The molecule has 2 heterocycles. The van der Waals surface area contributed by atoms with Gasteiger partial charge in [0, 0.05) is 12.6 Å². The van der Waals surface area contributed by atoms with Crippen molar-refractivity contribution in [1.29, 1.82) is 0 Å². The van der Waals surface area contributed by atoms with Gasteiger partial charge in [0.1, 0.15) is 11.7 Å². The third-order valence-corrected chi connectivity index (χ3v) is 2.76. The van der Waals surface area contributed by atoms with E-state index >= 15 is 0 Å². The molecule has 1 saturated heterocycles. The SMILES string of the molecule is COc1ncccc1NC(=O)CC[C@@H]1NC(=O)NC1=O. The van der Waals surface area contributed by atoms with Crippen molar-refractivity contribution < 1.29 is 19.1 Å². The van der Waals surface area contributed by atoms with Crippen LogP contribution in [0, 0.1) is 0 Å². The number of rotatable bonds is 5. The Hall–Kier alpha value is -2.64. The third kappa shape index (κ3) is 3.22. The first-order valence-electron chi connectivity index (χ1n) is 6.00. The highest BCUT2D eigenvalue weighted by Crippen LogP contribution is 2.20. The van der Waals surface area contributed by atoms with E-state index in [0.717, 1.165) is 0 Å². The van der Waals surface area contributed by atoms with E-state index in [1.54, 1.807) is 18.3 Å². The number of carbonyl (C=O) groups is 3. The van der Waals surface area contributed by atoms with Crippen molar-refractivity contribution in [3.05, 3.63) is 18.3 Å². The van der Waals surface area contributed by atoms with E-state index in [4.69, 9.17) is 4.74 Å². The summed E-state index contributed by atoms with van der Waals surface area (Å²) in [5.41, 5.74) is 0.458. The lowest BCUT2D eigenvalue weighted by Crippen LogP contribution is -2.30. The van der Waals surface area contributed by atoms with Gasteiger partial charge in [-0.05, 0) is 18.6 Å². The molecule has 2 rings (SSSR count). The average molecular weight is 278 g/mol. The Morgan fingerprint density at radius 3 is 2.95 bits per heavy atom. The van der Waals surface area contributed by atoms with Crippen molar-refractivity contribution in [1.82, 2.24) is 15.6 Å². The molecule has 0 aromatic carbocycles. The summed E-state index contributed by atoms with van der Waals surface area (Å²) in [4.78, 5) is 38.0. The molecule has 0 saturated carbocycles. The monoisotopic (exact) mass is 278 g/mol. The smallest absolute Gasteiger partial charge is 0.322 e. The van der Waals surface area contributed by atoms with Gasteiger partial charge in [-0.15, -0.1) is 0 Å². The molecular formula is C12H14N4O4. The van der Waals surface area contributed by atoms with Crippen LogP contribution in [0.5, 0.6) is 5.88 Å². The molecule has 1 aliphatic rings. The van der Waals surface area contributed by atoms with Gasteiger partial charge in [-0.25, -0.2) is 9.78 Å². The first kappa shape index (κ1) is 13.8. The highest BCUT2D eigenvalue weighted by atomic mass is 16.5. The maximum Gasteiger partial charge on any atom is 0.322 e. The number of urea groups is 1. The number of amides is 4. The number of aromatic nitrogens is 1. The molecule has 0 bridgehead atoms. The molecule has 1 fully saturated rings. The molecule has 0 radical (unpaired) electrons. The Morgan fingerprint density at radius 2 is 2.30 bits per heavy atom. The molecule has 8 nitrogen and oxygen atoms in total. The van der Waals surface area contributed by atoms with E-state index < -0.39 is 18.0 Å². The van der Waals surface area contributed by atoms with Gasteiger partial charge in [0.2, 0.25) is 11.8 Å². The van der Waals surface area contributed by atoms with Crippen molar-refractivity contribution in [2.75, 3.05) is 12.4 Å². The zero-order valence-corrected chi connectivity index (χ0v) is 10.8. The van der Waals surface area contributed by atoms with Gasteiger partial charge in [0.05, 0.1) is 7.11 Å². The van der Waals surface area contributed by atoms with Crippen LogP contribution in [0.1, 0.15) is 12.8 Å². The van der Waals surface area contributed by atoms with E-state index in [9.17, 15) is 14.4 Å². The summed E-state index contributed by atoms with van der Waals surface area (Å²) in [5, 5.41) is 7.18. The minimum absolute atomic E-state index is 0.0937. The molecule has 4 amide bonds. The summed E-state index contributed by atoms with van der Waals surface area (Å²) in [5.74, 6) is -0.389. The molecule has 1 aromatic heterocycles. The van der Waals surface area contributed by atoms with Gasteiger partial charge in [-0.2, -0.15) is 0 Å². The number of ether oxygens (including phenoxy) is 1. The fraction of sp³-hybridized carbons (Fsp3) is 0.333. The summed E-state index contributed by atoms with van der Waals surface area (Å²) in [6.45, 7) is 0. The van der Waals surface area contributed by atoms with Gasteiger partial charge in [0.15, 0.2) is 0 Å². The van der Waals surface area contributed by atoms with Gasteiger partial charge in [-0.1, -0.05) is 0 Å². The lowest BCUT2D eigenvalue weighted by molar-refractivity contribution is -0.120. The number of carbonyl (C=O) groups excluding carboxylic acids is 3. The number of methoxy groups -OCH3 is 1. The molecule has 8 heteroatoms. The number of imide groups is 1. The largest absolute Gasteiger partial charge is 0.480 e. The van der Waals surface area contributed by atoms with Crippen LogP contribution in [0.25, 0.3) is 0 Å². The summed E-state index contributed by atoms with van der Waals surface area (Å²) in [6, 6.07) is 2.13. The third-order valence-electron chi connectivity index (χ3n) is 2.76. The summed E-state index contributed by atoms with van der Waals surface area (Å²) >= 11 is 0. The Labute approximate surface area is 114 Å². The van der Waals surface area contributed by atoms with Crippen molar-refractivity contribution >= 4 is 23.5 Å². The van der Waals surface area contributed by atoms with Crippen LogP contribution in [0.15, 0.2) is 18.3 Å². The molecule has 1 aromatic rings. The van der Waals surface area contributed by atoms with E-state index in [-0.39, 0.29) is 18.7 Å². The molecule has 1 atom stereocenters. The minimum atomic E-state index is -0.663. The second-order valence-electron chi connectivity index (χ2n) is 4.16. The van der Waals surface area contributed by atoms with Gasteiger partial charge < -0.3 is 15.4 Å². The zero-order valence-electron chi connectivity index (χ0n) is 10.8. The second-order valence-corrected chi connectivity index (χ2v) is 4.16. The molecule has 1 aliphatic heterocycles. The number of anilines is 1. The molecule has 20 heavy (non-hydrogen) atoms. The Morgan fingerprint density at radius 1 is 1.50 bits per heavy atom. The average Bonchev–Trinajstić information content (AvgIpc) is 2.75. The summed E-state index contributed by atoms with van der Waals surface area (Å²) in [7, 11) is 1.45. The fourth-order valence-electron chi connectivity index (χ4n) is 1.80. The molecule has 0 aliphatic carbocycles. The lowest BCUT2D eigenvalue weighted by Gasteiger charge is -2.10. The highest BCUT2D eigenvalue weighted by molar-refractivity contribution is 6.04. The van der Waals surface area contributed by atoms with Crippen LogP contribution in [0.2, 0.25) is 0 Å². The number of nitrogens with one attached hydrogen (secondary N) is 3. The van der Waals surface area contributed by atoms with Gasteiger partial charge >= 0.3 is 6.03 Å². The van der Waals surface area contributed by atoms with Crippen molar-refractivity contribution in [3.63, 3.8) is 0 Å². The zero-order chi connectivity index (χ0) is 14.5. The Kier molecular flexibility index (Phi) is 4.14. The first-order valence-corrected chi connectivity index (χ1v) is 6.00. The quantitative estimate of drug-likeness (QED) is 0.658. The minimum Gasteiger partial charge on any atom is -0.480 e. The van der Waals surface area contributed by atoms with Crippen LogP contribution in [-0.2, 0) is 9.59 Å². The van der Waals surface area contributed by atoms with Crippen LogP contribution in [0.4, 0.5) is 10.5 Å². The maximum absolute atomic E-state index is 11.8. The van der Waals surface area contributed by atoms with Crippen molar-refractivity contribution in [2.24, 2.45) is 0 Å². The predicted octanol–water partition coefficient (Wildman–Crippen LogP) is 0.0169. The molecule has 3 N–H and O–H groups in total. The van der Waals surface area contributed by atoms with Gasteiger partial charge in [-0.3, -0.25) is 14.9 Å². The molecule has 0 spiro atoms. The van der Waals surface area contributed by atoms with Crippen LogP contribution in [0.3, 0.4) is 0 Å². The van der Waals surface area contributed by atoms with Crippen LogP contribution < -0.4 is 20.7 Å². The summed E-state index contributed by atoms with van der Waals surface area (Å²) in [6.07, 6.45) is 1.87. The molecule has 106 valence electrons. The Balaban J connectivity index is 1.87.